The predicted molar refractivity (Wildman–Crippen MR) is 79.2 cm³/mol. The van der Waals surface area contributed by atoms with E-state index in [9.17, 15) is 0 Å². The highest BCUT2D eigenvalue weighted by atomic mass is 32.1. The average Bonchev–Trinajstić information content (AvgIpc) is 2.87. The Bertz CT molecular complexity index is 439. The second kappa shape index (κ2) is 6.05. The molecule has 2 fully saturated rings. The minimum atomic E-state index is 0.113. The van der Waals surface area contributed by atoms with Gasteiger partial charge in [-0.3, -0.25) is 11.3 Å². The van der Waals surface area contributed by atoms with Gasteiger partial charge in [-0.15, -0.1) is 5.10 Å². The summed E-state index contributed by atoms with van der Waals surface area (Å²) >= 11 is 1.47. The fourth-order valence-electron chi connectivity index (χ4n) is 3.84. The first-order valence-electron chi connectivity index (χ1n) is 7.63. The van der Waals surface area contributed by atoms with Crippen LogP contribution in [0.2, 0.25) is 0 Å². The summed E-state index contributed by atoms with van der Waals surface area (Å²) in [6.07, 6.45) is 8.55. The second-order valence-electron chi connectivity index (χ2n) is 6.21. The van der Waals surface area contributed by atoms with E-state index in [0.29, 0.717) is 5.92 Å². The third-order valence-electron chi connectivity index (χ3n) is 4.92. The summed E-state index contributed by atoms with van der Waals surface area (Å²) in [5, 5.41) is 4.13. The number of hydrogen-bond donors (Lipinski definition) is 2. The van der Waals surface area contributed by atoms with Crippen LogP contribution in [0.5, 0.6) is 0 Å². The molecule has 0 aromatic carbocycles. The molecule has 1 saturated carbocycles. The van der Waals surface area contributed by atoms with Gasteiger partial charge >= 0.3 is 0 Å². The number of ether oxygens (including phenoxy) is 1. The Labute approximate surface area is 124 Å². The van der Waals surface area contributed by atoms with Gasteiger partial charge in [0.05, 0.1) is 22.2 Å². The van der Waals surface area contributed by atoms with Gasteiger partial charge in [0, 0.05) is 6.61 Å². The van der Waals surface area contributed by atoms with Gasteiger partial charge < -0.3 is 4.74 Å². The van der Waals surface area contributed by atoms with Crippen LogP contribution in [0.4, 0.5) is 0 Å². The number of nitrogens with one attached hydrogen (secondary N) is 1. The smallest absolute Gasteiger partial charge is 0.0773 e. The molecule has 2 aliphatic rings. The van der Waals surface area contributed by atoms with E-state index >= 15 is 0 Å². The molecular weight excluding hydrogens is 272 g/mol. The van der Waals surface area contributed by atoms with Crippen LogP contribution in [0.1, 0.15) is 61.6 Å². The zero-order chi connectivity index (χ0) is 14.0. The summed E-state index contributed by atoms with van der Waals surface area (Å²) in [6, 6.07) is 0.165. The van der Waals surface area contributed by atoms with Crippen LogP contribution in [0, 0.1) is 12.8 Å². The topological polar surface area (TPSA) is 73.1 Å². The van der Waals surface area contributed by atoms with Crippen molar-refractivity contribution in [2.45, 2.75) is 63.5 Å². The highest BCUT2D eigenvalue weighted by molar-refractivity contribution is 7.05. The number of nitrogens with two attached hydrogens (primary N) is 1. The van der Waals surface area contributed by atoms with Crippen molar-refractivity contribution in [2.75, 3.05) is 6.61 Å². The molecule has 0 bridgehead atoms. The maximum absolute atomic E-state index is 6.18. The zero-order valence-electron chi connectivity index (χ0n) is 12.1. The lowest BCUT2D eigenvalue weighted by molar-refractivity contribution is -0.122. The highest BCUT2D eigenvalue weighted by Gasteiger charge is 2.41. The van der Waals surface area contributed by atoms with Crippen LogP contribution in [0.25, 0.3) is 0 Å². The lowest BCUT2D eigenvalue weighted by Gasteiger charge is -2.45. The van der Waals surface area contributed by atoms with Crippen LogP contribution in [-0.2, 0) is 4.74 Å². The quantitative estimate of drug-likeness (QED) is 0.662. The van der Waals surface area contributed by atoms with Crippen LogP contribution >= 0.6 is 11.5 Å². The molecular formula is C14H24N4OS. The van der Waals surface area contributed by atoms with E-state index < -0.39 is 0 Å². The molecule has 6 heteroatoms. The molecule has 3 rings (SSSR count). The Morgan fingerprint density at radius 1 is 1.40 bits per heavy atom. The molecule has 0 amide bonds. The molecule has 2 atom stereocenters. The Hall–Kier alpha value is -0.560. The first kappa shape index (κ1) is 14.4. The van der Waals surface area contributed by atoms with Crippen molar-refractivity contribution in [2.24, 2.45) is 11.8 Å². The van der Waals surface area contributed by atoms with Crippen LogP contribution in [0.3, 0.4) is 0 Å². The molecule has 20 heavy (non-hydrogen) atoms. The highest BCUT2D eigenvalue weighted by Crippen LogP contribution is 2.44. The maximum atomic E-state index is 6.18. The van der Waals surface area contributed by atoms with Crippen LogP contribution in [0.15, 0.2) is 0 Å². The van der Waals surface area contributed by atoms with E-state index in [0.717, 1.165) is 25.1 Å². The van der Waals surface area contributed by atoms with Crippen molar-refractivity contribution >= 4 is 11.5 Å². The lowest BCUT2D eigenvalue weighted by atomic mass is 9.74. The number of aryl methyl sites for hydroxylation is 1. The summed E-state index contributed by atoms with van der Waals surface area (Å²) in [5.74, 6) is 6.36. The summed E-state index contributed by atoms with van der Waals surface area (Å²) in [4.78, 5) is 1.19. The summed E-state index contributed by atoms with van der Waals surface area (Å²) < 4.78 is 10.2. The molecule has 1 saturated heterocycles. The molecule has 1 aliphatic heterocycles. The molecule has 1 aromatic rings. The first-order valence-corrected chi connectivity index (χ1v) is 8.40. The van der Waals surface area contributed by atoms with E-state index in [1.165, 1.54) is 48.5 Å². The Morgan fingerprint density at radius 2 is 2.20 bits per heavy atom. The summed E-state index contributed by atoms with van der Waals surface area (Å²) in [5.41, 5.74) is 4.13. The van der Waals surface area contributed by atoms with Crippen molar-refractivity contribution in [1.29, 1.82) is 0 Å². The number of rotatable bonds is 3. The summed E-state index contributed by atoms with van der Waals surface area (Å²) in [6.45, 7) is 2.87. The standard InChI is InChI=1S/C14H24N4OS/c1-10-13(20-18-17-10)12(16-15)11-5-8-19-14(9-11)6-3-2-4-7-14/h11-12,16H,2-9,15H2,1H3. The molecule has 3 N–H and O–H groups in total. The van der Waals surface area contributed by atoms with E-state index in [-0.39, 0.29) is 11.6 Å². The molecule has 1 spiro atoms. The maximum Gasteiger partial charge on any atom is 0.0773 e. The summed E-state index contributed by atoms with van der Waals surface area (Å²) in [7, 11) is 0. The van der Waals surface area contributed by atoms with Gasteiger partial charge in [0.1, 0.15) is 0 Å². The van der Waals surface area contributed by atoms with Crippen LogP contribution in [-0.4, -0.2) is 21.8 Å². The zero-order valence-corrected chi connectivity index (χ0v) is 12.9. The third-order valence-corrected chi connectivity index (χ3v) is 5.83. The van der Waals surface area contributed by atoms with Gasteiger partial charge in [0.15, 0.2) is 0 Å². The van der Waals surface area contributed by atoms with E-state index in [1.54, 1.807) is 0 Å². The van der Waals surface area contributed by atoms with Crippen LogP contribution < -0.4 is 11.3 Å². The van der Waals surface area contributed by atoms with E-state index in [2.05, 4.69) is 15.0 Å². The molecule has 0 radical (unpaired) electrons. The SMILES string of the molecule is Cc1nnsc1C(NN)C1CCOC2(CCCCC2)C1. The van der Waals surface area contributed by atoms with Crippen molar-refractivity contribution in [1.82, 2.24) is 15.0 Å². The largest absolute Gasteiger partial charge is 0.375 e. The molecule has 2 heterocycles. The van der Waals surface area contributed by atoms with Gasteiger partial charge in [-0.2, -0.15) is 0 Å². The molecule has 1 aromatic heterocycles. The fraction of sp³-hybridized carbons (Fsp3) is 0.857. The molecule has 5 nitrogen and oxygen atoms in total. The Balaban J connectivity index is 1.76. The van der Waals surface area contributed by atoms with Crippen molar-refractivity contribution < 1.29 is 4.74 Å². The minimum absolute atomic E-state index is 0.113. The Kier molecular flexibility index (Phi) is 4.35. The lowest BCUT2D eigenvalue weighted by Crippen LogP contribution is -2.45. The number of hydrazine groups is 1. The van der Waals surface area contributed by atoms with E-state index in [1.807, 2.05) is 6.92 Å². The van der Waals surface area contributed by atoms with Crippen molar-refractivity contribution in [3.63, 3.8) is 0 Å². The van der Waals surface area contributed by atoms with Gasteiger partial charge in [-0.25, -0.2) is 0 Å². The second-order valence-corrected chi connectivity index (χ2v) is 7.00. The molecule has 112 valence electrons. The third kappa shape index (κ3) is 2.74. The molecule has 2 unspecified atom stereocenters. The van der Waals surface area contributed by atoms with Gasteiger partial charge in [-0.05, 0) is 50.1 Å². The number of hydrogen-bond acceptors (Lipinski definition) is 6. The fourth-order valence-corrected chi connectivity index (χ4v) is 4.64. The number of aromatic nitrogens is 2. The first-order chi connectivity index (χ1) is 9.74. The number of nitrogens with zero attached hydrogens (tertiary/aromatic N) is 2. The Morgan fingerprint density at radius 3 is 2.85 bits per heavy atom. The normalized spacial score (nSPS) is 27.6. The molecule has 1 aliphatic carbocycles. The van der Waals surface area contributed by atoms with Crippen molar-refractivity contribution in [3.8, 4) is 0 Å². The monoisotopic (exact) mass is 296 g/mol. The average molecular weight is 296 g/mol. The van der Waals surface area contributed by atoms with Gasteiger partial charge in [-0.1, -0.05) is 23.8 Å². The van der Waals surface area contributed by atoms with E-state index in [4.69, 9.17) is 10.6 Å². The predicted octanol–water partition coefficient (Wildman–Crippen LogP) is 2.48. The van der Waals surface area contributed by atoms with Gasteiger partial charge in [0.25, 0.3) is 0 Å². The minimum Gasteiger partial charge on any atom is -0.375 e. The van der Waals surface area contributed by atoms with Gasteiger partial charge in [0.2, 0.25) is 0 Å². The van der Waals surface area contributed by atoms with Crippen molar-refractivity contribution in [3.05, 3.63) is 10.6 Å².